The molecule has 3 unspecified atom stereocenters. The first-order valence-corrected chi connectivity index (χ1v) is 11.0. The van der Waals surface area contributed by atoms with E-state index in [1.54, 1.807) is 12.1 Å². The number of hydrogen-bond acceptors (Lipinski definition) is 2. The zero-order valence-corrected chi connectivity index (χ0v) is 16.5. The van der Waals surface area contributed by atoms with Gasteiger partial charge < -0.3 is 5.11 Å². The molecule has 1 saturated heterocycles. The van der Waals surface area contributed by atoms with Gasteiger partial charge in [-0.05, 0) is 104 Å². The van der Waals surface area contributed by atoms with Crippen molar-refractivity contribution in [1.29, 1.82) is 0 Å². The first kappa shape index (κ1) is 18.3. The summed E-state index contributed by atoms with van der Waals surface area (Å²) < 4.78 is 13.1. The predicted octanol–water partition coefficient (Wildman–Crippen LogP) is 5.21. The molecule has 3 atom stereocenters. The van der Waals surface area contributed by atoms with E-state index in [9.17, 15) is 9.50 Å². The number of aliphatic hydroxyl groups is 1. The van der Waals surface area contributed by atoms with Gasteiger partial charge in [0.1, 0.15) is 5.82 Å². The third-order valence-electron chi connectivity index (χ3n) is 7.44. The fourth-order valence-electron chi connectivity index (χ4n) is 6.00. The molecule has 0 aromatic heterocycles. The van der Waals surface area contributed by atoms with Crippen molar-refractivity contribution in [2.24, 2.45) is 11.8 Å². The summed E-state index contributed by atoms with van der Waals surface area (Å²) in [5, 5.41) is 11.1. The van der Waals surface area contributed by atoms with E-state index in [4.69, 9.17) is 0 Å². The summed E-state index contributed by atoms with van der Waals surface area (Å²) in [7, 11) is 0. The molecular weight excluding hydrogens is 349 g/mol. The number of nitrogens with zero attached hydrogens (tertiary/aromatic N) is 1. The summed E-state index contributed by atoms with van der Waals surface area (Å²) >= 11 is 0. The Hall–Kier alpha value is -1.71. The van der Waals surface area contributed by atoms with Crippen LogP contribution >= 0.6 is 0 Å². The standard InChI is InChI=1S/C25H30FNO/c26-20-9-7-18(8-10-20)16-27-13-11-17(12-14-27)15-23-21-5-1-3-19-4-2-6-22(24(19)21)25(23)28/h2,4,6-10,17,21,23,25,28H,1,3,5,11-16H2. The van der Waals surface area contributed by atoms with E-state index in [1.807, 2.05) is 12.1 Å². The van der Waals surface area contributed by atoms with Gasteiger partial charge >= 0.3 is 0 Å². The van der Waals surface area contributed by atoms with E-state index < -0.39 is 0 Å². The lowest BCUT2D eigenvalue weighted by Gasteiger charge is -2.35. The topological polar surface area (TPSA) is 23.5 Å². The highest BCUT2D eigenvalue weighted by atomic mass is 19.1. The average Bonchev–Trinajstić information content (AvgIpc) is 2.99. The minimum absolute atomic E-state index is 0.163. The number of halogens is 1. The molecule has 3 heteroatoms. The molecule has 148 valence electrons. The van der Waals surface area contributed by atoms with E-state index >= 15 is 0 Å². The van der Waals surface area contributed by atoms with E-state index in [1.165, 1.54) is 54.4 Å². The van der Waals surface area contributed by atoms with Gasteiger partial charge in [-0.25, -0.2) is 4.39 Å². The molecule has 1 fully saturated rings. The van der Waals surface area contributed by atoms with Crippen LogP contribution in [0.25, 0.3) is 0 Å². The van der Waals surface area contributed by atoms with Crippen molar-refractivity contribution in [1.82, 2.24) is 4.90 Å². The van der Waals surface area contributed by atoms with Gasteiger partial charge in [-0.3, -0.25) is 4.90 Å². The maximum absolute atomic E-state index is 13.1. The van der Waals surface area contributed by atoms with Gasteiger partial charge in [0, 0.05) is 6.54 Å². The second-order valence-corrected chi connectivity index (χ2v) is 9.11. The molecule has 2 aliphatic carbocycles. The number of likely N-dealkylation sites (tertiary alicyclic amines) is 1. The van der Waals surface area contributed by atoms with Crippen LogP contribution in [0.2, 0.25) is 0 Å². The van der Waals surface area contributed by atoms with Crippen molar-refractivity contribution < 1.29 is 9.50 Å². The zero-order valence-electron chi connectivity index (χ0n) is 16.5. The summed E-state index contributed by atoms with van der Waals surface area (Å²) in [6, 6.07) is 13.5. The maximum Gasteiger partial charge on any atom is 0.123 e. The Bertz CT molecular complexity index is 825. The maximum atomic E-state index is 13.1. The number of piperidine rings is 1. The Balaban J connectivity index is 1.20. The quantitative estimate of drug-likeness (QED) is 0.788. The predicted molar refractivity (Wildman–Crippen MR) is 110 cm³/mol. The normalized spacial score (nSPS) is 27.7. The van der Waals surface area contributed by atoms with Crippen LogP contribution in [0.5, 0.6) is 0 Å². The lowest BCUT2D eigenvalue weighted by Crippen LogP contribution is -2.34. The number of benzene rings is 2. The Morgan fingerprint density at radius 1 is 1.00 bits per heavy atom. The van der Waals surface area contributed by atoms with Gasteiger partial charge in [-0.1, -0.05) is 30.3 Å². The minimum atomic E-state index is -0.268. The van der Waals surface area contributed by atoms with Gasteiger partial charge in [-0.2, -0.15) is 0 Å². The third-order valence-corrected chi connectivity index (χ3v) is 7.44. The second kappa shape index (κ2) is 7.61. The monoisotopic (exact) mass is 379 g/mol. The summed E-state index contributed by atoms with van der Waals surface area (Å²) in [5.41, 5.74) is 5.40. The first-order chi connectivity index (χ1) is 13.7. The molecule has 2 aromatic rings. The van der Waals surface area contributed by atoms with Crippen molar-refractivity contribution in [3.05, 3.63) is 70.5 Å². The molecule has 2 nitrogen and oxygen atoms in total. The summed E-state index contributed by atoms with van der Waals surface area (Å²) in [4.78, 5) is 2.49. The average molecular weight is 380 g/mol. The molecule has 5 rings (SSSR count). The molecule has 0 bridgehead atoms. The van der Waals surface area contributed by atoms with Crippen LogP contribution in [0.3, 0.4) is 0 Å². The Kier molecular flexibility index (Phi) is 4.98. The molecule has 1 N–H and O–H groups in total. The zero-order chi connectivity index (χ0) is 19.1. The molecule has 28 heavy (non-hydrogen) atoms. The molecule has 1 heterocycles. The van der Waals surface area contributed by atoms with E-state index in [0.29, 0.717) is 17.8 Å². The van der Waals surface area contributed by atoms with Crippen LogP contribution in [-0.4, -0.2) is 23.1 Å². The van der Waals surface area contributed by atoms with E-state index in [0.717, 1.165) is 26.1 Å². The molecule has 1 aliphatic heterocycles. The second-order valence-electron chi connectivity index (χ2n) is 9.11. The van der Waals surface area contributed by atoms with Crippen molar-refractivity contribution in [2.75, 3.05) is 13.1 Å². The summed E-state index contributed by atoms with van der Waals surface area (Å²) in [6.45, 7) is 3.12. The lowest BCUT2D eigenvalue weighted by molar-refractivity contribution is 0.0754. The fraction of sp³-hybridized carbons (Fsp3) is 0.520. The molecule has 2 aromatic carbocycles. The molecule has 0 radical (unpaired) electrons. The van der Waals surface area contributed by atoms with Crippen molar-refractivity contribution in [3.63, 3.8) is 0 Å². The van der Waals surface area contributed by atoms with Crippen LogP contribution in [-0.2, 0) is 13.0 Å². The molecular formula is C25H30FNO. The molecule has 0 amide bonds. The van der Waals surface area contributed by atoms with Crippen molar-refractivity contribution in [2.45, 2.75) is 57.1 Å². The van der Waals surface area contributed by atoms with Gasteiger partial charge in [-0.15, -0.1) is 0 Å². The van der Waals surface area contributed by atoms with Crippen molar-refractivity contribution >= 4 is 0 Å². The van der Waals surface area contributed by atoms with Crippen LogP contribution in [0, 0.1) is 17.7 Å². The Labute approximate surface area is 167 Å². The summed E-state index contributed by atoms with van der Waals surface area (Å²) in [5.74, 6) is 1.53. The van der Waals surface area contributed by atoms with Crippen LogP contribution in [0.15, 0.2) is 42.5 Å². The van der Waals surface area contributed by atoms with Crippen molar-refractivity contribution in [3.8, 4) is 0 Å². The van der Waals surface area contributed by atoms with Crippen LogP contribution < -0.4 is 0 Å². The van der Waals surface area contributed by atoms with Gasteiger partial charge in [0.2, 0.25) is 0 Å². The molecule has 0 spiro atoms. The lowest BCUT2D eigenvalue weighted by atomic mass is 9.75. The van der Waals surface area contributed by atoms with E-state index in [-0.39, 0.29) is 11.9 Å². The minimum Gasteiger partial charge on any atom is -0.388 e. The van der Waals surface area contributed by atoms with Crippen LogP contribution in [0.4, 0.5) is 4.39 Å². The van der Waals surface area contributed by atoms with Gasteiger partial charge in [0.05, 0.1) is 6.10 Å². The number of aryl methyl sites for hydroxylation is 1. The SMILES string of the molecule is OC1c2cccc3c2C(CCC3)C1CC1CCN(Cc2ccc(F)cc2)CC1. The number of hydrogen-bond donors (Lipinski definition) is 1. The largest absolute Gasteiger partial charge is 0.388 e. The fourth-order valence-corrected chi connectivity index (χ4v) is 6.00. The highest BCUT2D eigenvalue weighted by Gasteiger charge is 2.43. The van der Waals surface area contributed by atoms with Gasteiger partial charge in [0.25, 0.3) is 0 Å². The van der Waals surface area contributed by atoms with Gasteiger partial charge in [0.15, 0.2) is 0 Å². The number of aliphatic hydroxyl groups excluding tert-OH is 1. The first-order valence-electron chi connectivity index (χ1n) is 11.0. The number of rotatable bonds is 4. The third kappa shape index (κ3) is 3.40. The highest BCUT2D eigenvalue weighted by molar-refractivity contribution is 5.45. The van der Waals surface area contributed by atoms with Crippen LogP contribution in [0.1, 0.15) is 66.4 Å². The smallest absolute Gasteiger partial charge is 0.123 e. The van der Waals surface area contributed by atoms with E-state index in [2.05, 4.69) is 23.1 Å². The summed E-state index contributed by atoms with van der Waals surface area (Å²) in [6.07, 6.45) is 7.00. The Morgan fingerprint density at radius 3 is 2.57 bits per heavy atom. The highest BCUT2D eigenvalue weighted by Crippen LogP contribution is 2.53. The molecule has 3 aliphatic rings. The molecule has 0 saturated carbocycles. The Morgan fingerprint density at radius 2 is 1.79 bits per heavy atom.